The number of fused-ring (bicyclic) bond motifs is 4. The van der Waals surface area contributed by atoms with Crippen molar-refractivity contribution in [1.82, 2.24) is 99.5 Å². The number of aromatic amines is 4. The number of piperidine rings is 2. The molecule has 0 spiro atoms. The van der Waals surface area contributed by atoms with Gasteiger partial charge in [-0.05, 0) is 246 Å². The van der Waals surface area contributed by atoms with E-state index in [0.717, 1.165) is 142 Å². The second kappa shape index (κ2) is 38.2. The fourth-order valence-corrected chi connectivity index (χ4v) is 16.5. The number of benzene rings is 8. The van der Waals surface area contributed by atoms with E-state index in [1.807, 2.05) is 92.1 Å². The maximum absolute atomic E-state index is 14.7. The number of carbonyl (C=O) groups excluding carboxylic acids is 4. The molecule has 29 nitrogen and oxygen atoms in total. The highest BCUT2D eigenvalue weighted by molar-refractivity contribution is 6.15. The summed E-state index contributed by atoms with van der Waals surface area (Å²) in [5, 5.41) is 56.3. The highest BCUT2D eigenvalue weighted by Crippen LogP contribution is 2.35. The van der Waals surface area contributed by atoms with Gasteiger partial charge in [-0.15, -0.1) is 0 Å². The van der Waals surface area contributed by atoms with E-state index < -0.39 is 40.9 Å². The molecule has 0 atom stereocenters. The van der Waals surface area contributed by atoms with E-state index in [1.165, 1.54) is 55.2 Å². The summed E-state index contributed by atoms with van der Waals surface area (Å²) in [6.45, 7) is 10.8. The quantitative estimate of drug-likeness (QED) is 0.0329. The van der Waals surface area contributed by atoms with Gasteiger partial charge < -0.3 is 30.9 Å². The van der Waals surface area contributed by atoms with Gasteiger partial charge in [0.1, 0.15) is 57.1 Å². The number of aromatic nitrogens is 16. The lowest BCUT2D eigenvalue weighted by atomic mass is 10.1. The summed E-state index contributed by atoms with van der Waals surface area (Å²) in [5.41, 5.74) is 12.1. The van der Waals surface area contributed by atoms with Crippen molar-refractivity contribution in [2.75, 3.05) is 80.7 Å². The first-order valence-corrected chi connectivity index (χ1v) is 42.6. The van der Waals surface area contributed by atoms with E-state index in [4.69, 9.17) is 4.74 Å². The fourth-order valence-electron chi connectivity index (χ4n) is 16.5. The predicted octanol–water partition coefficient (Wildman–Crippen LogP) is 16.2. The molecule has 128 heavy (non-hydrogen) atoms. The predicted molar refractivity (Wildman–Crippen MR) is 480 cm³/mol. The largest absolute Gasteiger partial charge is 0.490 e. The van der Waals surface area contributed by atoms with Crippen molar-refractivity contribution in [2.45, 2.75) is 83.5 Å². The Kier molecular flexibility index (Phi) is 25.6. The van der Waals surface area contributed by atoms with Crippen molar-refractivity contribution in [1.29, 1.82) is 0 Å². The van der Waals surface area contributed by atoms with Crippen molar-refractivity contribution in [3.8, 4) is 50.3 Å². The zero-order valence-corrected chi connectivity index (χ0v) is 71.2. The SMILES string of the molecule is CN1CCC(Oc2ccc(NC(=O)c3n[nH]c4ccc(-c5cnn(C)c5)cc34)cc2)CC1.Cn1cc(-c2cc(F)c3n[nH]c(C(=O)Nc4ccc(CN5CCCC5)cc4)c3c2)cn1.Cn1cc(-c2cc(F)c3n[nH]c(C(=O)Nc4ccc(CN5CCCC5)cc4F)c3c2)cn1.Cn1cc(-c2cc(F)c3n[nH]c(C(=O)Nc4ccc(CN5CCCCC5)cc4F)c3c2)cn1. The van der Waals surface area contributed by atoms with Crippen LogP contribution in [0.25, 0.3) is 88.1 Å². The summed E-state index contributed by atoms with van der Waals surface area (Å²) in [6, 6.07) is 40.1. The molecule has 8 aromatic carbocycles. The minimum absolute atomic E-state index is 0.0456. The molecule has 0 radical (unpaired) electrons. The van der Waals surface area contributed by atoms with Crippen molar-refractivity contribution in [3.05, 3.63) is 258 Å². The van der Waals surface area contributed by atoms with Gasteiger partial charge in [0, 0.05) is 141 Å². The third kappa shape index (κ3) is 20.1. The summed E-state index contributed by atoms with van der Waals surface area (Å²) in [4.78, 5) is 60.9. The second-order valence-electron chi connectivity index (χ2n) is 32.9. The Hall–Kier alpha value is -14.4. The minimum Gasteiger partial charge on any atom is -0.490 e. The Balaban J connectivity index is 0.000000120. The molecule has 4 saturated heterocycles. The third-order valence-electron chi connectivity index (χ3n) is 23.4. The Morgan fingerprint density at radius 3 is 1.13 bits per heavy atom. The van der Waals surface area contributed by atoms with Gasteiger partial charge in [0.2, 0.25) is 0 Å². The number of carbonyl (C=O) groups is 4. The van der Waals surface area contributed by atoms with Crippen LogP contribution in [0.15, 0.2) is 189 Å². The number of anilines is 4. The van der Waals surface area contributed by atoms with Crippen LogP contribution < -0.4 is 26.0 Å². The monoisotopic (exact) mass is 1730 g/mol. The summed E-state index contributed by atoms with van der Waals surface area (Å²) in [5.74, 6) is -3.62. The van der Waals surface area contributed by atoms with Crippen molar-refractivity contribution in [3.63, 3.8) is 0 Å². The molecule has 4 amide bonds. The van der Waals surface area contributed by atoms with E-state index >= 15 is 0 Å². The zero-order valence-electron chi connectivity index (χ0n) is 71.2. The van der Waals surface area contributed by atoms with Crippen LogP contribution in [-0.4, -0.2) is 189 Å². The van der Waals surface area contributed by atoms with Gasteiger partial charge in [-0.1, -0.05) is 36.8 Å². The lowest BCUT2D eigenvalue weighted by Crippen LogP contribution is -2.35. The van der Waals surface area contributed by atoms with Crippen LogP contribution in [0.1, 0.15) is 116 Å². The van der Waals surface area contributed by atoms with Gasteiger partial charge >= 0.3 is 0 Å². The van der Waals surface area contributed by atoms with Crippen LogP contribution in [0.5, 0.6) is 5.75 Å². The lowest BCUT2D eigenvalue weighted by molar-refractivity contribution is 0.101. The summed E-state index contributed by atoms with van der Waals surface area (Å²) in [6.07, 6.45) is 24.6. The number of ether oxygens (including phenoxy) is 1. The standard InChI is InChI=1S/C24H24F2N6O.C24H26N6O2.C23H22F2N6O.C23H23FN6O/c1-31-14-17(12-27-31)16-10-18-22(20(26)11-16)29-30-23(18)24(33)28-21-6-5-15(9-19(21)25)13-32-7-3-2-4-8-32;1-29-11-9-20(10-12-29)32-19-6-4-18(5-7-19)26-24(31)23-21-13-16(3-8-22(21)27-28-23)17-14-25-30(2)15-17;1-30-13-16(11-26-30)15-9-17-21(19(25)10-15)28-29-22(17)23(32)27-20-5-4-14(8-18(20)24)12-31-6-2-3-7-31;1-29-14-17(12-25-29)16-10-19-21(20(24)11-16)27-28-22(19)23(31)26-18-6-4-15(5-7-18)13-30-8-2-3-9-30/h5-6,9-12,14H,2-4,7-8,13H2,1H3,(H,28,33)(H,29,30);3-8,13-15,20H,9-12H2,1-2H3,(H,26,31)(H,27,28);4-5,8-11,13H,2-3,6-7,12H2,1H3,(H,27,32)(H,28,29);4-7,10-12,14H,2-3,8-9,13H2,1H3,(H,26,31)(H,27,28). The fraction of sp³-hybridized carbons (Fsp3) is 0.277. The average Bonchev–Trinajstić information content (AvgIpc) is 1.63. The van der Waals surface area contributed by atoms with Crippen LogP contribution in [0.4, 0.5) is 44.7 Å². The molecule has 20 rings (SSSR count). The van der Waals surface area contributed by atoms with Crippen LogP contribution in [-0.2, 0) is 47.8 Å². The van der Waals surface area contributed by atoms with Crippen LogP contribution in [0.2, 0.25) is 0 Å². The minimum atomic E-state index is -0.596. The highest BCUT2D eigenvalue weighted by atomic mass is 19.1. The first-order valence-electron chi connectivity index (χ1n) is 42.6. The van der Waals surface area contributed by atoms with E-state index in [1.54, 1.807) is 114 Å². The van der Waals surface area contributed by atoms with Crippen molar-refractivity contribution in [2.24, 2.45) is 28.2 Å². The summed E-state index contributed by atoms with van der Waals surface area (Å²) >= 11 is 0. The van der Waals surface area contributed by atoms with Gasteiger partial charge in [0.25, 0.3) is 23.6 Å². The first-order chi connectivity index (χ1) is 62.1. The van der Waals surface area contributed by atoms with E-state index in [0.29, 0.717) is 74.1 Å². The number of hydrogen-bond acceptors (Lipinski definition) is 17. The van der Waals surface area contributed by atoms with Crippen LogP contribution in [0, 0.1) is 29.1 Å². The first kappa shape index (κ1) is 85.8. The molecule has 8 N–H and O–H groups in total. The van der Waals surface area contributed by atoms with Gasteiger partial charge in [0.05, 0.1) is 41.7 Å². The summed E-state index contributed by atoms with van der Waals surface area (Å²) in [7, 11) is 9.34. The molecule has 656 valence electrons. The normalized spacial score (nSPS) is 14.6. The molecule has 34 heteroatoms. The molecule has 0 aliphatic carbocycles. The molecule has 0 unspecified atom stereocenters. The number of hydrogen-bond donors (Lipinski definition) is 8. The topological polar surface area (TPSA) is 325 Å². The number of amides is 4. The lowest BCUT2D eigenvalue weighted by Gasteiger charge is -2.29. The van der Waals surface area contributed by atoms with Gasteiger partial charge in [-0.2, -0.15) is 40.8 Å². The number of aryl methyl sites for hydroxylation is 4. The van der Waals surface area contributed by atoms with E-state index in [-0.39, 0.29) is 62.9 Å². The molecule has 8 aromatic heterocycles. The number of rotatable bonds is 20. The van der Waals surface area contributed by atoms with Crippen molar-refractivity contribution >= 4 is 90.0 Å². The van der Waals surface area contributed by atoms with Crippen LogP contribution in [0.3, 0.4) is 0 Å². The molecule has 0 bridgehead atoms. The molecular weight excluding hydrogens is 1640 g/mol. The number of halogens is 5. The second-order valence-corrected chi connectivity index (χ2v) is 32.9. The van der Waals surface area contributed by atoms with E-state index in [9.17, 15) is 41.1 Å². The molecule has 16 aromatic rings. The molecule has 4 aliphatic heterocycles. The molecule has 12 heterocycles. The van der Waals surface area contributed by atoms with Gasteiger partial charge in [-0.3, -0.25) is 73.0 Å². The molecule has 0 saturated carbocycles. The average molecular weight is 1740 g/mol. The zero-order chi connectivity index (χ0) is 88.6. The van der Waals surface area contributed by atoms with Gasteiger partial charge in [0.15, 0.2) is 23.1 Å². The smallest absolute Gasteiger partial charge is 0.276 e. The number of nitrogens with zero attached hydrogens (tertiary/aromatic N) is 16. The third-order valence-corrected chi connectivity index (χ3v) is 23.4. The maximum Gasteiger partial charge on any atom is 0.276 e. The Morgan fingerprint density at radius 2 is 0.727 bits per heavy atom. The van der Waals surface area contributed by atoms with E-state index in [2.05, 4.69) is 109 Å². The number of nitrogens with one attached hydrogen (secondary N) is 8. The Morgan fingerprint density at radius 1 is 0.359 bits per heavy atom. The molecular formula is C94H95F5N24O5. The van der Waals surface area contributed by atoms with Crippen LogP contribution >= 0.6 is 0 Å². The highest BCUT2D eigenvalue weighted by Gasteiger charge is 2.27. The molecule has 4 aliphatic rings. The maximum atomic E-state index is 14.7. The Labute approximate surface area is 732 Å². The molecule has 4 fully saturated rings. The van der Waals surface area contributed by atoms with Crippen molar-refractivity contribution < 1.29 is 45.9 Å². The Bertz CT molecular complexity index is 6700. The number of likely N-dealkylation sites (tertiary alicyclic amines) is 4. The summed E-state index contributed by atoms with van der Waals surface area (Å²) < 4.78 is 86.0. The number of H-pyrrole nitrogens is 4. The van der Waals surface area contributed by atoms with Gasteiger partial charge in [-0.25, -0.2) is 22.0 Å².